The number of Topliss-reactive ketones (excluding diaryl/α,β-unsaturated/α-hetero) is 1. The van der Waals surface area contributed by atoms with E-state index in [9.17, 15) is 24.6 Å². The van der Waals surface area contributed by atoms with Gasteiger partial charge in [-0.25, -0.2) is 0 Å². The Bertz CT molecular complexity index is 997. The van der Waals surface area contributed by atoms with Crippen LogP contribution >= 0.6 is 11.6 Å². The predicted octanol–water partition coefficient (Wildman–Crippen LogP) is 4.32. The first kappa shape index (κ1) is 36.2. The highest BCUT2D eigenvalue weighted by Crippen LogP contribution is 2.33. The molecule has 0 spiro atoms. The number of nitrogens with one attached hydrogen (secondary N) is 1. The molecule has 2 aliphatic heterocycles. The van der Waals surface area contributed by atoms with Crippen molar-refractivity contribution in [2.24, 2.45) is 5.92 Å². The molecule has 238 valence electrons. The van der Waals surface area contributed by atoms with Crippen molar-refractivity contribution in [1.82, 2.24) is 5.32 Å². The molecular formula is C32H50ClNO8. The smallest absolute Gasteiger partial charge is 0.303 e. The molecule has 2 aliphatic rings. The van der Waals surface area contributed by atoms with E-state index < -0.39 is 36.0 Å². The number of amides is 1. The van der Waals surface area contributed by atoms with Gasteiger partial charge in [-0.2, -0.15) is 0 Å². The molecule has 9 nitrogen and oxygen atoms in total. The summed E-state index contributed by atoms with van der Waals surface area (Å²) in [6, 6.07) is -0.144. The third kappa shape index (κ3) is 11.6. The zero-order chi connectivity index (χ0) is 31.4. The maximum atomic E-state index is 12.4. The summed E-state index contributed by atoms with van der Waals surface area (Å²) in [6.07, 6.45) is 9.22. The predicted molar refractivity (Wildman–Crippen MR) is 162 cm³/mol. The number of ketones is 1. The van der Waals surface area contributed by atoms with E-state index in [1.165, 1.54) is 13.0 Å². The van der Waals surface area contributed by atoms with Gasteiger partial charge in [0.05, 0.1) is 30.2 Å². The van der Waals surface area contributed by atoms with Crippen molar-refractivity contribution < 1.29 is 38.8 Å². The number of unbranched alkanes of at least 4 members (excludes halogenated alkanes) is 1. The van der Waals surface area contributed by atoms with Crippen LogP contribution in [-0.2, 0) is 28.6 Å². The maximum absolute atomic E-state index is 12.4. The molecule has 0 radical (unpaired) electrons. The first-order valence-corrected chi connectivity index (χ1v) is 15.6. The standard InChI is InChI=1S/C32H50ClNO8/c1-7-8-9-25(36)17-26-18-32(39,19-33)31(38)29(42-26)14-11-20(2)10-13-28-21(3)16-27(23(5)41-28)34-30(37)15-12-22(4)40-24(6)35/h10-12,14-15,21-23,26-29,31,38-39H,7-9,13,16-19H2,1-6H3,(H,34,37)/b14-11+,15-12-,20-10+/t21-,22-,23+,26+,27+,28-,29+,31+,32+/m0/s1. The number of hydrogen-bond acceptors (Lipinski definition) is 8. The number of halogens is 1. The molecule has 0 aliphatic carbocycles. The Morgan fingerprint density at radius 3 is 2.55 bits per heavy atom. The molecular weight excluding hydrogens is 562 g/mol. The highest BCUT2D eigenvalue weighted by molar-refractivity contribution is 6.18. The molecule has 42 heavy (non-hydrogen) atoms. The highest BCUT2D eigenvalue weighted by atomic mass is 35.5. The van der Waals surface area contributed by atoms with Crippen LogP contribution in [0.2, 0.25) is 0 Å². The molecule has 2 rings (SSSR count). The number of allylic oxidation sites excluding steroid dienone is 2. The number of hydrogen-bond donors (Lipinski definition) is 3. The van der Waals surface area contributed by atoms with E-state index in [-0.39, 0.29) is 54.6 Å². The lowest BCUT2D eigenvalue weighted by molar-refractivity contribution is -0.194. The third-order valence-electron chi connectivity index (χ3n) is 7.92. The minimum atomic E-state index is -1.54. The summed E-state index contributed by atoms with van der Waals surface area (Å²) in [5.41, 5.74) is -0.598. The molecule has 2 fully saturated rings. The molecule has 3 N–H and O–H groups in total. The van der Waals surface area contributed by atoms with Crippen LogP contribution in [0.4, 0.5) is 0 Å². The molecule has 10 heteroatoms. The van der Waals surface area contributed by atoms with Gasteiger partial charge in [-0.15, -0.1) is 11.6 Å². The van der Waals surface area contributed by atoms with E-state index in [1.54, 1.807) is 19.1 Å². The summed E-state index contributed by atoms with van der Waals surface area (Å²) in [5, 5.41) is 24.7. The largest absolute Gasteiger partial charge is 0.459 e. The van der Waals surface area contributed by atoms with Crippen molar-refractivity contribution in [3.8, 4) is 0 Å². The molecule has 0 aromatic carbocycles. The number of rotatable bonds is 14. The molecule has 0 unspecified atom stereocenters. The van der Waals surface area contributed by atoms with Gasteiger partial charge in [0.25, 0.3) is 0 Å². The van der Waals surface area contributed by atoms with E-state index >= 15 is 0 Å². The lowest BCUT2D eigenvalue weighted by Crippen LogP contribution is -2.58. The molecule has 1 amide bonds. The minimum Gasteiger partial charge on any atom is -0.459 e. The summed E-state index contributed by atoms with van der Waals surface area (Å²) >= 11 is 6.03. The Kier molecular flexibility index (Phi) is 14.9. The van der Waals surface area contributed by atoms with E-state index in [2.05, 4.69) is 18.3 Å². The van der Waals surface area contributed by atoms with E-state index in [4.69, 9.17) is 25.8 Å². The van der Waals surface area contributed by atoms with E-state index in [1.807, 2.05) is 26.8 Å². The normalized spacial score (nSPS) is 33.1. The lowest BCUT2D eigenvalue weighted by Gasteiger charge is -2.43. The van der Waals surface area contributed by atoms with Crippen LogP contribution in [-0.4, -0.2) is 82.0 Å². The quantitative estimate of drug-likeness (QED) is 0.115. The van der Waals surface area contributed by atoms with Crippen molar-refractivity contribution in [2.75, 3.05) is 5.88 Å². The summed E-state index contributed by atoms with van der Waals surface area (Å²) in [7, 11) is 0. The number of alkyl halides is 1. The van der Waals surface area contributed by atoms with Crippen molar-refractivity contribution in [1.29, 1.82) is 0 Å². The van der Waals surface area contributed by atoms with Gasteiger partial charge in [0.15, 0.2) is 0 Å². The van der Waals surface area contributed by atoms with Crippen LogP contribution in [0.1, 0.15) is 86.5 Å². The van der Waals surface area contributed by atoms with E-state index in [0.717, 1.165) is 24.8 Å². The molecule has 0 aromatic rings. The lowest BCUT2D eigenvalue weighted by atomic mass is 9.83. The fraction of sp³-hybridized carbons (Fsp3) is 0.719. The zero-order valence-electron chi connectivity index (χ0n) is 25.9. The van der Waals surface area contributed by atoms with Crippen LogP contribution in [0.15, 0.2) is 36.0 Å². The Labute approximate surface area is 255 Å². The number of carbonyl (C=O) groups excluding carboxylic acids is 3. The monoisotopic (exact) mass is 611 g/mol. The third-order valence-corrected chi connectivity index (χ3v) is 8.39. The number of esters is 1. The number of carbonyl (C=O) groups is 3. The van der Waals surface area contributed by atoms with Gasteiger partial charge in [-0.3, -0.25) is 14.4 Å². The molecule has 0 bridgehead atoms. The fourth-order valence-electron chi connectivity index (χ4n) is 5.38. The van der Waals surface area contributed by atoms with Crippen LogP contribution in [0, 0.1) is 5.92 Å². The summed E-state index contributed by atoms with van der Waals surface area (Å²) < 4.78 is 17.3. The average molecular weight is 612 g/mol. The maximum Gasteiger partial charge on any atom is 0.303 e. The first-order chi connectivity index (χ1) is 19.8. The summed E-state index contributed by atoms with van der Waals surface area (Å²) in [4.78, 5) is 35.7. The minimum absolute atomic E-state index is 0.0348. The SMILES string of the molecule is CCCCC(=O)C[C@@H]1C[C@@](O)(CCl)[C@H](O)[C@@H](/C=C/C(C)=C/C[C@@H]2O[C@H](C)[C@H](NC(=O)/C=C\[C@H](C)OC(C)=O)C[C@@H]2C)O1. The second kappa shape index (κ2) is 17.3. The Morgan fingerprint density at radius 1 is 1.19 bits per heavy atom. The van der Waals surface area contributed by atoms with Crippen LogP contribution in [0.5, 0.6) is 0 Å². The zero-order valence-corrected chi connectivity index (χ0v) is 26.6. The highest BCUT2D eigenvalue weighted by Gasteiger charge is 2.47. The Balaban J connectivity index is 1.94. The van der Waals surface area contributed by atoms with Crippen LogP contribution in [0.3, 0.4) is 0 Å². The fourth-order valence-corrected chi connectivity index (χ4v) is 5.65. The van der Waals surface area contributed by atoms with Gasteiger partial charge in [0, 0.05) is 32.3 Å². The topological polar surface area (TPSA) is 131 Å². The van der Waals surface area contributed by atoms with Gasteiger partial charge in [-0.1, -0.05) is 44.1 Å². The van der Waals surface area contributed by atoms with Gasteiger partial charge >= 0.3 is 5.97 Å². The molecule has 0 saturated carbocycles. The van der Waals surface area contributed by atoms with Crippen molar-refractivity contribution >= 4 is 29.3 Å². The van der Waals surface area contributed by atoms with Crippen LogP contribution < -0.4 is 5.32 Å². The number of ether oxygens (including phenoxy) is 3. The van der Waals surface area contributed by atoms with Crippen molar-refractivity contribution in [3.63, 3.8) is 0 Å². The van der Waals surface area contributed by atoms with E-state index in [0.29, 0.717) is 12.8 Å². The Hall–Kier alpha value is -2.04. The molecule has 2 heterocycles. The second-order valence-corrected chi connectivity index (χ2v) is 12.1. The number of aliphatic hydroxyl groups is 2. The molecule has 0 aromatic heterocycles. The number of aliphatic hydroxyl groups excluding tert-OH is 1. The van der Waals surface area contributed by atoms with Gasteiger partial charge in [-0.05, 0) is 52.0 Å². The van der Waals surface area contributed by atoms with Crippen molar-refractivity contribution in [3.05, 3.63) is 36.0 Å². The summed E-state index contributed by atoms with van der Waals surface area (Å²) in [6.45, 7) is 11.0. The first-order valence-electron chi connectivity index (χ1n) is 15.1. The van der Waals surface area contributed by atoms with Gasteiger partial charge in [0.2, 0.25) is 5.91 Å². The van der Waals surface area contributed by atoms with Crippen molar-refractivity contribution in [2.45, 2.75) is 135 Å². The second-order valence-electron chi connectivity index (χ2n) is 11.9. The van der Waals surface area contributed by atoms with Crippen LogP contribution in [0.25, 0.3) is 0 Å². The molecule has 9 atom stereocenters. The average Bonchev–Trinajstić information content (AvgIpc) is 2.92. The van der Waals surface area contributed by atoms with Gasteiger partial charge in [0.1, 0.15) is 29.7 Å². The van der Waals surface area contributed by atoms with Gasteiger partial charge < -0.3 is 29.7 Å². The Morgan fingerprint density at radius 2 is 1.90 bits per heavy atom. The molecule has 2 saturated heterocycles. The summed E-state index contributed by atoms with van der Waals surface area (Å²) in [5.74, 6) is -0.550.